The number of nitrogens with zero attached hydrogens (tertiary/aromatic N) is 3. The van der Waals surface area contributed by atoms with Gasteiger partial charge in [-0.3, -0.25) is 14.7 Å². The largest absolute Gasteiger partial charge is 0.342 e. The summed E-state index contributed by atoms with van der Waals surface area (Å²) < 4.78 is 0. The molecule has 132 valence electrons. The zero-order valence-electron chi connectivity index (χ0n) is 14.8. The van der Waals surface area contributed by atoms with Gasteiger partial charge in [-0.2, -0.15) is 5.10 Å². The van der Waals surface area contributed by atoms with Gasteiger partial charge in [-0.15, -0.1) is 0 Å². The van der Waals surface area contributed by atoms with E-state index in [1.54, 1.807) is 6.92 Å². The van der Waals surface area contributed by atoms with Crippen molar-refractivity contribution in [2.45, 2.75) is 64.3 Å². The minimum atomic E-state index is 0.0803. The summed E-state index contributed by atoms with van der Waals surface area (Å²) >= 11 is 0. The topological polar surface area (TPSA) is 69.3 Å². The second kappa shape index (κ2) is 7.36. The first-order valence-electron chi connectivity index (χ1n) is 9.11. The Labute approximate surface area is 143 Å². The van der Waals surface area contributed by atoms with Crippen LogP contribution in [0.4, 0.5) is 0 Å². The average Bonchev–Trinajstić information content (AvgIpc) is 3.02. The first-order valence-corrected chi connectivity index (χ1v) is 9.11. The van der Waals surface area contributed by atoms with E-state index in [0.717, 1.165) is 63.1 Å². The molecule has 2 saturated heterocycles. The number of carbonyl (C=O) groups excluding carboxylic acids is 2. The first kappa shape index (κ1) is 17.0. The van der Waals surface area contributed by atoms with Gasteiger partial charge in [0, 0.05) is 50.6 Å². The van der Waals surface area contributed by atoms with Crippen molar-refractivity contribution in [1.82, 2.24) is 20.0 Å². The predicted octanol–water partition coefficient (Wildman–Crippen LogP) is 2.22. The van der Waals surface area contributed by atoms with E-state index in [1.807, 2.05) is 16.7 Å². The van der Waals surface area contributed by atoms with Gasteiger partial charge in [0.2, 0.25) is 11.8 Å². The molecule has 0 bridgehead atoms. The second-order valence-corrected chi connectivity index (χ2v) is 7.22. The molecule has 0 radical (unpaired) electrons. The molecule has 1 N–H and O–H groups in total. The van der Waals surface area contributed by atoms with E-state index in [0.29, 0.717) is 12.3 Å². The Morgan fingerprint density at radius 3 is 2.79 bits per heavy atom. The number of hydrogen-bond donors (Lipinski definition) is 1. The standard InChI is InChI=1S/C18H28N4O2/c1-13-10-17(20-19-13)15-6-5-8-21(12-15)18(24)11-16-7-3-4-9-22(16)14(2)23/h10,15-16H,3-9,11-12H2,1-2H3,(H,19,20)/t15-,16-/m0/s1. The lowest BCUT2D eigenvalue weighted by atomic mass is 9.93. The van der Waals surface area contributed by atoms with E-state index >= 15 is 0 Å². The highest BCUT2D eigenvalue weighted by atomic mass is 16.2. The van der Waals surface area contributed by atoms with Gasteiger partial charge in [0.05, 0.1) is 5.69 Å². The highest BCUT2D eigenvalue weighted by molar-refractivity contribution is 5.79. The predicted molar refractivity (Wildman–Crippen MR) is 91.5 cm³/mol. The molecular formula is C18H28N4O2. The molecule has 3 rings (SSSR count). The number of H-pyrrole nitrogens is 1. The van der Waals surface area contributed by atoms with Gasteiger partial charge in [-0.25, -0.2) is 0 Å². The summed E-state index contributed by atoms with van der Waals surface area (Å²) in [5, 5.41) is 7.36. The van der Waals surface area contributed by atoms with Crippen molar-refractivity contribution in [1.29, 1.82) is 0 Å². The minimum absolute atomic E-state index is 0.0803. The van der Waals surface area contributed by atoms with Crippen LogP contribution in [0.3, 0.4) is 0 Å². The highest BCUT2D eigenvalue weighted by Gasteiger charge is 2.31. The smallest absolute Gasteiger partial charge is 0.224 e. The van der Waals surface area contributed by atoms with E-state index < -0.39 is 0 Å². The van der Waals surface area contributed by atoms with Crippen molar-refractivity contribution in [3.63, 3.8) is 0 Å². The van der Waals surface area contributed by atoms with Crippen LogP contribution in [-0.2, 0) is 9.59 Å². The van der Waals surface area contributed by atoms with Gasteiger partial charge in [0.15, 0.2) is 0 Å². The van der Waals surface area contributed by atoms with Crippen molar-refractivity contribution in [3.8, 4) is 0 Å². The maximum Gasteiger partial charge on any atom is 0.224 e. The molecule has 2 fully saturated rings. The van der Waals surface area contributed by atoms with Crippen LogP contribution in [0, 0.1) is 6.92 Å². The maximum absolute atomic E-state index is 12.8. The third-order valence-corrected chi connectivity index (χ3v) is 5.36. The van der Waals surface area contributed by atoms with Crippen LogP contribution in [-0.4, -0.2) is 57.5 Å². The third-order valence-electron chi connectivity index (χ3n) is 5.36. The van der Waals surface area contributed by atoms with Crippen LogP contribution >= 0.6 is 0 Å². The Hall–Kier alpha value is -1.85. The molecule has 6 nitrogen and oxygen atoms in total. The first-order chi connectivity index (χ1) is 11.5. The molecule has 24 heavy (non-hydrogen) atoms. The van der Waals surface area contributed by atoms with E-state index in [9.17, 15) is 9.59 Å². The summed E-state index contributed by atoms with van der Waals surface area (Å²) in [6, 6.07) is 2.16. The molecule has 2 aliphatic heterocycles. The van der Waals surface area contributed by atoms with E-state index in [-0.39, 0.29) is 17.9 Å². The van der Waals surface area contributed by atoms with E-state index in [4.69, 9.17) is 0 Å². The zero-order chi connectivity index (χ0) is 17.1. The fourth-order valence-electron chi connectivity index (χ4n) is 4.05. The molecule has 1 aromatic rings. The van der Waals surface area contributed by atoms with Crippen molar-refractivity contribution >= 4 is 11.8 Å². The Bertz CT molecular complexity index is 598. The Morgan fingerprint density at radius 2 is 2.08 bits per heavy atom. The number of aromatic amines is 1. The minimum Gasteiger partial charge on any atom is -0.342 e. The molecule has 6 heteroatoms. The molecule has 0 spiro atoms. The fourth-order valence-corrected chi connectivity index (χ4v) is 4.05. The summed E-state index contributed by atoms with van der Waals surface area (Å²) in [5.41, 5.74) is 2.13. The summed E-state index contributed by atoms with van der Waals surface area (Å²) in [6.45, 7) is 5.98. The van der Waals surface area contributed by atoms with Crippen LogP contribution < -0.4 is 0 Å². The number of aromatic nitrogens is 2. The van der Waals surface area contributed by atoms with Crippen LogP contribution in [0.2, 0.25) is 0 Å². The number of hydrogen-bond acceptors (Lipinski definition) is 3. The van der Waals surface area contributed by atoms with Gasteiger partial charge < -0.3 is 9.80 Å². The molecule has 2 aliphatic rings. The normalized spacial score (nSPS) is 24.9. The van der Waals surface area contributed by atoms with E-state index in [2.05, 4.69) is 16.3 Å². The molecule has 2 amide bonds. The number of carbonyl (C=O) groups is 2. The fraction of sp³-hybridized carbons (Fsp3) is 0.722. The average molecular weight is 332 g/mol. The number of amides is 2. The van der Waals surface area contributed by atoms with Gasteiger partial charge in [0.25, 0.3) is 0 Å². The number of piperidine rings is 2. The lowest BCUT2D eigenvalue weighted by Gasteiger charge is -2.37. The lowest BCUT2D eigenvalue weighted by Crippen LogP contribution is -2.47. The van der Waals surface area contributed by atoms with Crippen molar-refractivity contribution in [2.24, 2.45) is 0 Å². The molecule has 0 unspecified atom stereocenters. The van der Waals surface area contributed by atoms with Gasteiger partial charge in [-0.1, -0.05) is 0 Å². The monoisotopic (exact) mass is 332 g/mol. The van der Waals surface area contributed by atoms with Gasteiger partial charge in [-0.05, 0) is 45.1 Å². The molecular weight excluding hydrogens is 304 g/mol. The number of aryl methyl sites for hydroxylation is 1. The maximum atomic E-state index is 12.8. The Balaban J connectivity index is 1.60. The van der Waals surface area contributed by atoms with Crippen molar-refractivity contribution in [3.05, 3.63) is 17.5 Å². The van der Waals surface area contributed by atoms with Crippen LogP contribution in [0.5, 0.6) is 0 Å². The van der Waals surface area contributed by atoms with Crippen molar-refractivity contribution < 1.29 is 9.59 Å². The Morgan fingerprint density at radius 1 is 1.25 bits per heavy atom. The summed E-state index contributed by atoms with van der Waals surface area (Å²) in [4.78, 5) is 28.4. The van der Waals surface area contributed by atoms with Gasteiger partial charge in [0.1, 0.15) is 0 Å². The summed E-state index contributed by atoms with van der Waals surface area (Å²) in [6.07, 6.45) is 5.67. The number of likely N-dealkylation sites (tertiary alicyclic amines) is 2. The lowest BCUT2D eigenvalue weighted by molar-refractivity contribution is -0.138. The number of rotatable bonds is 3. The van der Waals surface area contributed by atoms with Crippen molar-refractivity contribution in [2.75, 3.05) is 19.6 Å². The molecule has 0 saturated carbocycles. The molecule has 1 aromatic heterocycles. The zero-order valence-corrected chi connectivity index (χ0v) is 14.8. The quantitative estimate of drug-likeness (QED) is 0.923. The van der Waals surface area contributed by atoms with Crippen LogP contribution in [0.1, 0.15) is 62.8 Å². The highest BCUT2D eigenvalue weighted by Crippen LogP contribution is 2.27. The molecule has 0 aliphatic carbocycles. The summed E-state index contributed by atoms with van der Waals surface area (Å²) in [7, 11) is 0. The summed E-state index contributed by atoms with van der Waals surface area (Å²) in [5.74, 6) is 0.601. The number of nitrogens with one attached hydrogen (secondary N) is 1. The third kappa shape index (κ3) is 3.79. The molecule has 0 aromatic carbocycles. The molecule has 3 heterocycles. The van der Waals surface area contributed by atoms with E-state index in [1.165, 1.54) is 0 Å². The van der Waals surface area contributed by atoms with Gasteiger partial charge >= 0.3 is 0 Å². The SMILES string of the molecule is CC(=O)N1CCCC[C@H]1CC(=O)N1CCC[C@H](c2cc(C)[nH]n2)C1. The molecule has 2 atom stereocenters. The van der Waals surface area contributed by atoms with Crippen LogP contribution in [0.15, 0.2) is 6.07 Å². The van der Waals surface area contributed by atoms with Crippen LogP contribution in [0.25, 0.3) is 0 Å². The second-order valence-electron chi connectivity index (χ2n) is 7.22. The Kier molecular flexibility index (Phi) is 5.21.